The van der Waals surface area contributed by atoms with Crippen LogP contribution in [0.2, 0.25) is 0 Å². The number of nitrogen functional groups attached to an aromatic ring is 1. The molecule has 2 rings (SSSR count). The molecule has 1 unspecified atom stereocenters. The summed E-state index contributed by atoms with van der Waals surface area (Å²) in [7, 11) is 1.68. The fourth-order valence-corrected chi connectivity index (χ4v) is 2.24. The van der Waals surface area contributed by atoms with Gasteiger partial charge in [0.15, 0.2) is 0 Å². The molecule has 0 aliphatic heterocycles. The van der Waals surface area contributed by atoms with Gasteiger partial charge in [0.2, 0.25) is 0 Å². The molecule has 1 atom stereocenters. The van der Waals surface area contributed by atoms with Gasteiger partial charge in [-0.2, -0.15) is 0 Å². The van der Waals surface area contributed by atoms with E-state index < -0.39 is 0 Å². The van der Waals surface area contributed by atoms with Gasteiger partial charge in [-0.15, -0.1) is 0 Å². The summed E-state index contributed by atoms with van der Waals surface area (Å²) in [5.41, 5.74) is 9.04. The van der Waals surface area contributed by atoms with E-state index in [0.717, 1.165) is 30.0 Å². The zero-order valence-corrected chi connectivity index (χ0v) is 12.0. The van der Waals surface area contributed by atoms with Crippen molar-refractivity contribution in [2.75, 3.05) is 19.4 Å². The van der Waals surface area contributed by atoms with Crippen molar-refractivity contribution in [3.05, 3.63) is 53.9 Å². The Labute approximate surface area is 120 Å². The fraction of sp³-hybridized carbons (Fsp3) is 0.312. The third-order valence-electron chi connectivity index (χ3n) is 3.31. The number of hydrogen-bond donors (Lipinski definition) is 2. The smallest absolute Gasteiger partial charge is 0.119 e. The van der Waals surface area contributed by atoms with Crippen molar-refractivity contribution in [3.63, 3.8) is 0 Å². The Morgan fingerprint density at radius 3 is 2.90 bits per heavy atom. The van der Waals surface area contributed by atoms with Crippen molar-refractivity contribution in [1.29, 1.82) is 0 Å². The van der Waals surface area contributed by atoms with Gasteiger partial charge in [0.1, 0.15) is 5.75 Å². The number of nitrogens with one attached hydrogen (secondary N) is 1. The maximum atomic E-state index is 6.01. The molecule has 0 bridgehead atoms. The van der Waals surface area contributed by atoms with E-state index in [9.17, 15) is 0 Å². The Kier molecular flexibility index (Phi) is 4.96. The lowest BCUT2D eigenvalue weighted by atomic mass is 9.98. The van der Waals surface area contributed by atoms with Gasteiger partial charge >= 0.3 is 0 Å². The van der Waals surface area contributed by atoms with Gasteiger partial charge in [0.25, 0.3) is 0 Å². The molecule has 0 radical (unpaired) electrons. The normalized spacial score (nSPS) is 12.1. The van der Waals surface area contributed by atoms with E-state index in [1.165, 1.54) is 5.56 Å². The molecule has 0 aliphatic rings. The highest BCUT2D eigenvalue weighted by Gasteiger charge is 2.13. The number of pyridine rings is 1. The molecule has 20 heavy (non-hydrogen) atoms. The summed E-state index contributed by atoms with van der Waals surface area (Å²) in [5.74, 6) is 0.865. The number of benzene rings is 1. The first-order chi connectivity index (χ1) is 9.74. The Hall–Kier alpha value is -2.07. The van der Waals surface area contributed by atoms with Crippen molar-refractivity contribution in [2.45, 2.75) is 19.4 Å². The summed E-state index contributed by atoms with van der Waals surface area (Å²) in [6.45, 7) is 2.99. The second-order valence-electron chi connectivity index (χ2n) is 4.67. The van der Waals surface area contributed by atoms with Crippen LogP contribution in [0.4, 0.5) is 5.69 Å². The van der Waals surface area contributed by atoms with Gasteiger partial charge in [0.05, 0.1) is 7.11 Å². The predicted octanol–water partition coefficient (Wildman–Crippen LogP) is 2.57. The number of likely N-dealkylation sites (N-methyl/N-ethyl adjacent to an activating group) is 1. The number of nitrogens with two attached hydrogens (primary N) is 1. The minimum Gasteiger partial charge on any atom is -0.497 e. The van der Waals surface area contributed by atoms with Crippen molar-refractivity contribution in [1.82, 2.24) is 10.3 Å². The van der Waals surface area contributed by atoms with Crippen LogP contribution in [-0.4, -0.2) is 18.6 Å². The first-order valence-corrected chi connectivity index (χ1v) is 6.80. The van der Waals surface area contributed by atoms with E-state index in [4.69, 9.17) is 10.5 Å². The SMILES string of the molecule is CCNC(Cc1cnccc1N)c1cccc(OC)c1. The summed E-state index contributed by atoms with van der Waals surface area (Å²) < 4.78 is 5.29. The standard InChI is InChI=1S/C16H21N3O/c1-3-19-16(10-13-11-18-8-7-15(13)17)12-5-4-6-14(9-12)20-2/h4-9,11,16,19H,3,10H2,1-2H3,(H2,17,18). The average molecular weight is 271 g/mol. The number of methoxy groups -OCH3 is 1. The first kappa shape index (κ1) is 14.3. The van der Waals surface area contributed by atoms with Gasteiger partial charge in [0, 0.05) is 24.1 Å². The highest BCUT2D eigenvalue weighted by molar-refractivity contribution is 5.45. The summed E-state index contributed by atoms with van der Waals surface area (Å²) in [4.78, 5) is 4.15. The molecule has 0 amide bonds. The molecular formula is C16H21N3O. The molecule has 2 aromatic rings. The zero-order valence-electron chi connectivity index (χ0n) is 12.0. The molecule has 106 valence electrons. The minimum atomic E-state index is 0.196. The topological polar surface area (TPSA) is 60.2 Å². The van der Waals surface area contributed by atoms with Crippen LogP contribution in [0.3, 0.4) is 0 Å². The monoisotopic (exact) mass is 271 g/mol. The van der Waals surface area contributed by atoms with Gasteiger partial charge in [-0.05, 0) is 42.3 Å². The third kappa shape index (κ3) is 3.48. The van der Waals surface area contributed by atoms with Crippen LogP contribution < -0.4 is 15.8 Å². The maximum absolute atomic E-state index is 6.01. The summed E-state index contributed by atoms with van der Waals surface area (Å²) in [6, 6.07) is 10.1. The van der Waals surface area contributed by atoms with E-state index in [-0.39, 0.29) is 6.04 Å². The van der Waals surface area contributed by atoms with E-state index >= 15 is 0 Å². The van der Waals surface area contributed by atoms with Crippen molar-refractivity contribution < 1.29 is 4.74 Å². The van der Waals surface area contributed by atoms with Crippen molar-refractivity contribution in [3.8, 4) is 5.75 Å². The summed E-state index contributed by atoms with van der Waals surface area (Å²) in [6.07, 6.45) is 4.35. The number of ether oxygens (including phenoxy) is 1. The first-order valence-electron chi connectivity index (χ1n) is 6.80. The number of nitrogens with zero attached hydrogens (tertiary/aromatic N) is 1. The molecule has 1 aromatic heterocycles. The number of anilines is 1. The second-order valence-corrected chi connectivity index (χ2v) is 4.67. The molecule has 4 heteroatoms. The van der Waals surface area contributed by atoms with Crippen LogP contribution in [0, 0.1) is 0 Å². The molecule has 0 spiro atoms. The van der Waals surface area contributed by atoms with Gasteiger partial charge in [-0.1, -0.05) is 19.1 Å². The van der Waals surface area contributed by atoms with Crippen LogP contribution in [0.1, 0.15) is 24.1 Å². The van der Waals surface area contributed by atoms with Crippen LogP contribution in [0.15, 0.2) is 42.7 Å². The molecule has 0 aliphatic carbocycles. The quantitative estimate of drug-likeness (QED) is 0.847. The van der Waals surface area contributed by atoms with E-state index in [2.05, 4.69) is 29.4 Å². The van der Waals surface area contributed by atoms with Crippen LogP contribution in [0.25, 0.3) is 0 Å². The summed E-state index contributed by atoms with van der Waals surface area (Å²) >= 11 is 0. The Morgan fingerprint density at radius 2 is 2.20 bits per heavy atom. The van der Waals surface area contributed by atoms with Crippen molar-refractivity contribution >= 4 is 5.69 Å². The van der Waals surface area contributed by atoms with E-state index in [1.807, 2.05) is 24.4 Å². The lowest BCUT2D eigenvalue weighted by Crippen LogP contribution is -2.23. The molecule has 1 aromatic carbocycles. The number of hydrogen-bond acceptors (Lipinski definition) is 4. The third-order valence-corrected chi connectivity index (χ3v) is 3.31. The van der Waals surface area contributed by atoms with Gasteiger partial charge in [-0.25, -0.2) is 0 Å². The molecule has 0 fully saturated rings. The van der Waals surface area contributed by atoms with E-state index in [0.29, 0.717) is 0 Å². The molecule has 4 nitrogen and oxygen atoms in total. The number of aromatic nitrogens is 1. The Balaban J connectivity index is 2.24. The molecular weight excluding hydrogens is 250 g/mol. The average Bonchev–Trinajstić information content (AvgIpc) is 2.49. The Morgan fingerprint density at radius 1 is 1.35 bits per heavy atom. The molecule has 3 N–H and O–H groups in total. The highest BCUT2D eigenvalue weighted by Crippen LogP contribution is 2.24. The van der Waals surface area contributed by atoms with E-state index in [1.54, 1.807) is 13.3 Å². The fourth-order valence-electron chi connectivity index (χ4n) is 2.24. The number of rotatable bonds is 6. The van der Waals surface area contributed by atoms with Crippen LogP contribution in [-0.2, 0) is 6.42 Å². The lowest BCUT2D eigenvalue weighted by molar-refractivity contribution is 0.413. The zero-order chi connectivity index (χ0) is 14.4. The molecule has 0 saturated carbocycles. The van der Waals surface area contributed by atoms with Crippen molar-refractivity contribution in [2.24, 2.45) is 0 Å². The van der Waals surface area contributed by atoms with Crippen LogP contribution >= 0.6 is 0 Å². The summed E-state index contributed by atoms with van der Waals surface area (Å²) in [5, 5.41) is 3.49. The van der Waals surface area contributed by atoms with Crippen LogP contribution in [0.5, 0.6) is 5.75 Å². The molecule has 1 heterocycles. The van der Waals surface area contributed by atoms with Gasteiger partial charge in [-0.3, -0.25) is 4.98 Å². The largest absolute Gasteiger partial charge is 0.497 e. The lowest BCUT2D eigenvalue weighted by Gasteiger charge is -2.19. The maximum Gasteiger partial charge on any atom is 0.119 e. The highest BCUT2D eigenvalue weighted by atomic mass is 16.5. The minimum absolute atomic E-state index is 0.196. The second kappa shape index (κ2) is 6.91. The van der Waals surface area contributed by atoms with Gasteiger partial charge < -0.3 is 15.8 Å². The molecule has 0 saturated heterocycles. The Bertz CT molecular complexity index is 557. The predicted molar refractivity (Wildman–Crippen MR) is 81.8 cm³/mol.